The van der Waals surface area contributed by atoms with Crippen LogP contribution in [0.15, 0.2) is 72.9 Å². The maximum Gasteiger partial charge on any atom is 0.252 e. The second kappa shape index (κ2) is 7.53. The van der Waals surface area contributed by atoms with Gasteiger partial charge < -0.3 is 25.3 Å². The Kier molecular flexibility index (Phi) is 4.48. The fourth-order valence-electron chi connectivity index (χ4n) is 4.95. The molecule has 5 aromatic rings. The number of aromatic hydroxyl groups is 1. The zero-order chi connectivity index (χ0) is 22.5. The van der Waals surface area contributed by atoms with Crippen LogP contribution in [0.3, 0.4) is 0 Å². The van der Waals surface area contributed by atoms with Crippen LogP contribution in [0.1, 0.15) is 38.8 Å². The third-order valence-electron chi connectivity index (χ3n) is 6.57. The van der Waals surface area contributed by atoms with E-state index in [4.69, 9.17) is 0 Å². The molecule has 1 amide bonds. The minimum Gasteiger partial charge on any atom is -0.508 e. The summed E-state index contributed by atoms with van der Waals surface area (Å²) in [5.41, 5.74) is 6.93. The van der Waals surface area contributed by atoms with Crippen LogP contribution in [-0.4, -0.2) is 20.6 Å². The molecule has 0 fully saturated rings. The van der Waals surface area contributed by atoms with Crippen molar-refractivity contribution in [2.24, 2.45) is 7.05 Å². The molecule has 0 aliphatic carbocycles. The fraction of sp³-hybridized carbons (Fsp3) is 0.148. The molecular weight excluding hydrogens is 412 g/mol. The maximum atomic E-state index is 12.6. The van der Waals surface area contributed by atoms with Crippen LogP contribution in [0.2, 0.25) is 0 Å². The maximum absolute atomic E-state index is 12.6. The van der Waals surface area contributed by atoms with Gasteiger partial charge in [-0.1, -0.05) is 30.3 Å². The molecular formula is C27H24N4O2. The summed E-state index contributed by atoms with van der Waals surface area (Å²) in [4.78, 5) is 16.2. The van der Waals surface area contributed by atoms with Gasteiger partial charge in [-0.2, -0.15) is 0 Å². The van der Waals surface area contributed by atoms with Gasteiger partial charge in [-0.05, 0) is 52.9 Å². The highest BCUT2D eigenvalue weighted by Gasteiger charge is 2.33. The van der Waals surface area contributed by atoms with Gasteiger partial charge in [-0.15, -0.1) is 0 Å². The second-order valence-corrected chi connectivity index (χ2v) is 8.66. The van der Waals surface area contributed by atoms with E-state index < -0.39 is 0 Å². The Labute approximate surface area is 190 Å². The molecule has 6 rings (SSSR count). The van der Waals surface area contributed by atoms with E-state index in [0.29, 0.717) is 12.1 Å². The summed E-state index contributed by atoms with van der Waals surface area (Å²) in [6.45, 7) is 1.35. The summed E-state index contributed by atoms with van der Waals surface area (Å²) in [5, 5.41) is 19.0. The third kappa shape index (κ3) is 3.27. The van der Waals surface area contributed by atoms with Crippen molar-refractivity contribution >= 4 is 27.7 Å². The number of nitrogens with zero attached hydrogens (tertiary/aromatic N) is 1. The zero-order valence-corrected chi connectivity index (χ0v) is 18.2. The van der Waals surface area contributed by atoms with Crippen LogP contribution in [0.4, 0.5) is 0 Å². The average Bonchev–Trinajstić information content (AvgIpc) is 3.47. The number of fused-ring (bicyclic) bond motifs is 3. The predicted molar refractivity (Wildman–Crippen MR) is 129 cm³/mol. The smallest absolute Gasteiger partial charge is 0.252 e. The highest BCUT2D eigenvalue weighted by Crippen LogP contribution is 2.38. The lowest BCUT2D eigenvalue weighted by molar-refractivity contribution is 0.0960. The van der Waals surface area contributed by atoms with Crippen molar-refractivity contribution in [3.63, 3.8) is 0 Å². The summed E-state index contributed by atoms with van der Waals surface area (Å²) in [7, 11) is 2.06. The Hall–Kier alpha value is -4.03. The summed E-state index contributed by atoms with van der Waals surface area (Å²) < 4.78 is 2.13. The summed E-state index contributed by atoms with van der Waals surface area (Å²) in [6, 6.07) is 21.4. The summed E-state index contributed by atoms with van der Waals surface area (Å²) in [6.07, 6.45) is 2.07. The molecule has 164 valence electrons. The monoisotopic (exact) mass is 436 g/mol. The van der Waals surface area contributed by atoms with Gasteiger partial charge in [-0.25, -0.2) is 0 Å². The fourth-order valence-corrected chi connectivity index (χ4v) is 4.95. The lowest BCUT2D eigenvalue weighted by Crippen LogP contribution is -2.22. The molecule has 1 aliphatic heterocycles. The molecule has 2 aromatic heterocycles. The molecule has 0 saturated heterocycles. The van der Waals surface area contributed by atoms with Gasteiger partial charge >= 0.3 is 0 Å². The largest absolute Gasteiger partial charge is 0.508 e. The van der Waals surface area contributed by atoms with E-state index in [1.54, 1.807) is 18.2 Å². The molecule has 33 heavy (non-hydrogen) atoms. The number of hydrogen-bond donors (Lipinski definition) is 4. The lowest BCUT2D eigenvalue weighted by Gasteiger charge is -2.15. The Bertz CT molecular complexity index is 1530. The molecule has 3 aromatic carbocycles. The van der Waals surface area contributed by atoms with Crippen molar-refractivity contribution < 1.29 is 9.90 Å². The number of nitrogens with one attached hydrogen (secondary N) is 3. The molecule has 0 unspecified atom stereocenters. The van der Waals surface area contributed by atoms with Gasteiger partial charge in [-0.3, -0.25) is 4.79 Å². The van der Waals surface area contributed by atoms with Crippen molar-refractivity contribution in [3.8, 4) is 5.75 Å². The van der Waals surface area contributed by atoms with E-state index >= 15 is 0 Å². The molecule has 6 heteroatoms. The molecule has 0 spiro atoms. The van der Waals surface area contributed by atoms with Crippen LogP contribution in [-0.2, 0) is 20.1 Å². The lowest BCUT2D eigenvalue weighted by atomic mass is 9.95. The normalized spacial score (nSPS) is 15.3. The van der Waals surface area contributed by atoms with Gasteiger partial charge in [0.25, 0.3) is 5.91 Å². The SMILES string of the molecule is Cn1ccc2ccc(CNCc3[nH]c4ccccc4c3[C@@H]3NC(=O)c4ccc(O)cc43)cc21. The van der Waals surface area contributed by atoms with Gasteiger partial charge in [0.05, 0.1) is 6.04 Å². The van der Waals surface area contributed by atoms with Crippen molar-refractivity contribution in [1.29, 1.82) is 0 Å². The quantitative estimate of drug-likeness (QED) is 0.328. The van der Waals surface area contributed by atoms with Crippen molar-refractivity contribution in [2.75, 3.05) is 0 Å². The topological polar surface area (TPSA) is 82.1 Å². The summed E-state index contributed by atoms with van der Waals surface area (Å²) >= 11 is 0. The molecule has 1 atom stereocenters. The van der Waals surface area contributed by atoms with Crippen LogP contribution in [0.5, 0.6) is 5.75 Å². The minimum absolute atomic E-state index is 0.116. The van der Waals surface area contributed by atoms with Crippen LogP contribution >= 0.6 is 0 Å². The van der Waals surface area contributed by atoms with Crippen molar-refractivity contribution in [1.82, 2.24) is 20.2 Å². The number of benzene rings is 3. The highest BCUT2D eigenvalue weighted by atomic mass is 16.3. The Morgan fingerprint density at radius 2 is 1.91 bits per heavy atom. The number of aromatic nitrogens is 2. The molecule has 6 nitrogen and oxygen atoms in total. The van der Waals surface area contributed by atoms with Crippen LogP contribution in [0.25, 0.3) is 21.8 Å². The third-order valence-corrected chi connectivity index (χ3v) is 6.57. The molecule has 0 bridgehead atoms. The molecule has 1 aliphatic rings. The average molecular weight is 437 g/mol. The Balaban J connectivity index is 1.33. The molecule has 4 N–H and O–H groups in total. The second-order valence-electron chi connectivity index (χ2n) is 8.66. The number of aryl methyl sites for hydroxylation is 1. The van der Waals surface area contributed by atoms with E-state index in [1.165, 1.54) is 16.5 Å². The number of aromatic amines is 1. The first-order valence-electron chi connectivity index (χ1n) is 11.1. The first-order valence-corrected chi connectivity index (χ1v) is 11.1. The number of phenols is 1. The molecule has 3 heterocycles. The van der Waals surface area contributed by atoms with E-state index in [-0.39, 0.29) is 17.7 Å². The number of phenolic OH excluding ortho intramolecular Hbond substituents is 1. The number of carbonyl (C=O) groups is 1. The van der Waals surface area contributed by atoms with E-state index in [1.807, 2.05) is 18.2 Å². The number of rotatable bonds is 5. The van der Waals surface area contributed by atoms with E-state index in [0.717, 1.165) is 34.3 Å². The number of carbonyl (C=O) groups excluding carboxylic acids is 1. The number of H-pyrrole nitrogens is 1. The van der Waals surface area contributed by atoms with Crippen LogP contribution < -0.4 is 10.6 Å². The van der Waals surface area contributed by atoms with Gasteiger partial charge in [0.2, 0.25) is 0 Å². The predicted octanol–water partition coefficient (Wildman–Crippen LogP) is 4.49. The zero-order valence-electron chi connectivity index (χ0n) is 18.2. The van der Waals surface area contributed by atoms with E-state index in [2.05, 4.69) is 63.8 Å². The van der Waals surface area contributed by atoms with Crippen LogP contribution in [0, 0.1) is 0 Å². The Morgan fingerprint density at radius 3 is 2.82 bits per heavy atom. The number of hydrogen-bond acceptors (Lipinski definition) is 3. The van der Waals surface area contributed by atoms with Gasteiger partial charge in [0.1, 0.15) is 5.75 Å². The molecule has 0 saturated carbocycles. The molecule has 0 radical (unpaired) electrons. The van der Waals surface area contributed by atoms with E-state index in [9.17, 15) is 9.90 Å². The summed E-state index contributed by atoms with van der Waals surface area (Å²) in [5.74, 6) is 0.0425. The number of para-hydroxylation sites is 1. The highest BCUT2D eigenvalue weighted by molar-refractivity contribution is 6.01. The van der Waals surface area contributed by atoms with Crippen molar-refractivity contribution in [2.45, 2.75) is 19.1 Å². The Morgan fingerprint density at radius 1 is 1.03 bits per heavy atom. The first-order chi connectivity index (χ1) is 16.1. The van der Waals surface area contributed by atoms with Crippen molar-refractivity contribution in [3.05, 3.63) is 101 Å². The minimum atomic E-state index is -0.313. The standard InChI is InChI=1S/C27H24N4O2/c1-31-11-10-17-7-6-16(12-24(17)31)14-28-15-23-25(20-4-2-3-5-22(20)29-23)26-21-13-18(32)8-9-19(21)27(33)30-26/h2-13,26,28-29,32H,14-15H2,1H3,(H,30,33)/t26-/m1/s1. The van der Waals surface area contributed by atoms with Gasteiger partial charge in [0.15, 0.2) is 0 Å². The number of amides is 1. The first kappa shape index (κ1) is 19.6. The van der Waals surface area contributed by atoms with Gasteiger partial charge in [0, 0.05) is 59.6 Å².